The number of methoxy groups -OCH3 is 1. The van der Waals surface area contributed by atoms with Crippen molar-refractivity contribution in [3.8, 4) is 0 Å². The Balaban J connectivity index is 3.47. The normalized spacial score (nSPS) is 11.9. The summed E-state index contributed by atoms with van der Waals surface area (Å²) < 4.78 is 31.8. The van der Waals surface area contributed by atoms with Crippen LogP contribution in [0.2, 0.25) is 0 Å². The largest absolute Gasteiger partial charge is 0.465 e. The SMILES string of the molecule is [2H]c1nc(Br)c([2H])c(C(=O)OC)c1F. The van der Waals surface area contributed by atoms with Crippen molar-refractivity contribution < 1.29 is 16.7 Å². The van der Waals surface area contributed by atoms with Gasteiger partial charge in [-0.1, -0.05) is 0 Å². The van der Waals surface area contributed by atoms with Gasteiger partial charge < -0.3 is 4.74 Å². The monoisotopic (exact) mass is 235 g/mol. The minimum absolute atomic E-state index is 0.0655. The quantitative estimate of drug-likeness (QED) is 0.551. The van der Waals surface area contributed by atoms with E-state index in [0.29, 0.717) is 0 Å². The second kappa shape index (κ2) is 3.62. The molecule has 0 aliphatic rings. The number of pyridine rings is 1. The molecule has 0 N–H and O–H groups in total. The highest BCUT2D eigenvalue weighted by atomic mass is 79.9. The number of rotatable bonds is 1. The number of carbonyl (C=O) groups excluding carboxylic acids is 1. The highest BCUT2D eigenvalue weighted by molar-refractivity contribution is 9.10. The Morgan fingerprint density at radius 2 is 2.58 bits per heavy atom. The molecule has 1 aromatic heterocycles. The molecule has 0 saturated heterocycles. The number of nitrogens with zero attached hydrogens (tertiary/aromatic N) is 1. The Morgan fingerprint density at radius 1 is 1.92 bits per heavy atom. The number of hydrogen-bond donors (Lipinski definition) is 0. The molecule has 0 fully saturated rings. The topological polar surface area (TPSA) is 39.2 Å². The fourth-order valence-corrected chi connectivity index (χ4v) is 0.870. The fourth-order valence-electron chi connectivity index (χ4n) is 0.583. The molecule has 0 aromatic carbocycles. The lowest BCUT2D eigenvalue weighted by molar-refractivity contribution is 0.0595. The van der Waals surface area contributed by atoms with Crippen LogP contribution in [0.25, 0.3) is 0 Å². The van der Waals surface area contributed by atoms with Crippen LogP contribution in [0, 0.1) is 5.82 Å². The Morgan fingerprint density at radius 3 is 3.17 bits per heavy atom. The molecule has 0 amide bonds. The second-order valence-electron chi connectivity index (χ2n) is 1.82. The molecule has 12 heavy (non-hydrogen) atoms. The van der Waals surface area contributed by atoms with Gasteiger partial charge in [-0.15, -0.1) is 0 Å². The third-order valence-electron chi connectivity index (χ3n) is 1.09. The van der Waals surface area contributed by atoms with E-state index in [0.717, 1.165) is 7.11 Å². The predicted molar refractivity (Wildman–Crippen MR) is 43.2 cm³/mol. The second-order valence-corrected chi connectivity index (χ2v) is 2.57. The van der Waals surface area contributed by atoms with Gasteiger partial charge in [0.25, 0.3) is 0 Å². The zero-order valence-corrected chi connectivity index (χ0v) is 7.61. The number of halogens is 2. The number of carbonyl (C=O) groups is 1. The Hall–Kier alpha value is -0.970. The van der Waals surface area contributed by atoms with E-state index in [1.807, 2.05) is 0 Å². The summed E-state index contributed by atoms with van der Waals surface area (Å²) in [6.45, 7) is 0. The first-order valence-corrected chi connectivity index (χ1v) is 3.68. The fraction of sp³-hybridized carbons (Fsp3) is 0.143. The van der Waals surface area contributed by atoms with Gasteiger partial charge >= 0.3 is 5.97 Å². The molecule has 3 nitrogen and oxygen atoms in total. The molecule has 1 rings (SSSR count). The molecule has 0 aliphatic carbocycles. The van der Waals surface area contributed by atoms with Crippen LogP contribution in [-0.4, -0.2) is 18.1 Å². The van der Waals surface area contributed by atoms with Gasteiger partial charge in [0.15, 0.2) is 5.82 Å². The number of hydrogen-bond acceptors (Lipinski definition) is 3. The van der Waals surface area contributed by atoms with Crippen LogP contribution in [0.1, 0.15) is 13.1 Å². The molecule has 0 radical (unpaired) electrons. The molecule has 1 heterocycles. The highest BCUT2D eigenvalue weighted by Gasteiger charge is 2.12. The van der Waals surface area contributed by atoms with E-state index in [-0.39, 0.29) is 4.60 Å². The summed E-state index contributed by atoms with van der Waals surface area (Å²) in [7, 11) is 1.07. The van der Waals surface area contributed by atoms with Gasteiger partial charge in [0.05, 0.1) is 21.6 Å². The van der Waals surface area contributed by atoms with Crippen LogP contribution in [0.15, 0.2) is 16.8 Å². The van der Waals surface area contributed by atoms with Gasteiger partial charge in [-0.3, -0.25) is 0 Å². The molecular formula is C7H5BrFNO2. The first-order chi connectivity index (χ1) is 6.49. The average molecular weight is 236 g/mol. The van der Waals surface area contributed by atoms with Crippen molar-refractivity contribution in [2.24, 2.45) is 0 Å². The zero-order valence-electron chi connectivity index (χ0n) is 8.02. The smallest absolute Gasteiger partial charge is 0.341 e. The zero-order chi connectivity index (χ0) is 10.9. The Labute approximate surface area is 79.5 Å². The van der Waals surface area contributed by atoms with Gasteiger partial charge in [0.1, 0.15) is 4.60 Å². The van der Waals surface area contributed by atoms with Crippen molar-refractivity contribution in [2.45, 2.75) is 0 Å². The van der Waals surface area contributed by atoms with Crippen LogP contribution in [0.4, 0.5) is 4.39 Å². The molecule has 0 aliphatic heterocycles. The van der Waals surface area contributed by atoms with Crippen molar-refractivity contribution in [1.82, 2.24) is 4.98 Å². The maximum absolute atomic E-state index is 13.2. The Bertz CT molecular complexity index is 374. The van der Waals surface area contributed by atoms with Crippen LogP contribution < -0.4 is 0 Å². The average Bonchev–Trinajstić information content (AvgIpc) is 2.15. The first-order valence-electron chi connectivity index (χ1n) is 3.89. The van der Waals surface area contributed by atoms with Gasteiger partial charge in [-0.25, -0.2) is 14.2 Å². The lowest BCUT2D eigenvalue weighted by atomic mass is 10.3. The van der Waals surface area contributed by atoms with Crippen LogP contribution in [0.3, 0.4) is 0 Å². The van der Waals surface area contributed by atoms with E-state index < -0.39 is 29.6 Å². The van der Waals surface area contributed by atoms with Gasteiger partial charge in [0.2, 0.25) is 0 Å². The van der Waals surface area contributed by atoms with Crippen LogP contribution in [-0.2, 0) is 4.74 Å². The van der Waals surface area contributed by atoms with Crippen LogP contribution >= 0.6 is 15.9 Å². The summed E-state index contributed by atoms with van der Waals surface area (Å²) in [4.78, 5) is 14.4. The Kier molecular flexibility index (Phi) is 1.97. The molecule has 1 aromatic rings. The minimum Gasteiger partial charge on any atom is -0.465 e. The van der Waals surface area contributed by atoms with Crippen LogP contribution in [0.5, 0.6) is 0 Å². The summed E-state index contributed by atoms with van der Waals surface area (Å²) in [6, 6.07) is -0.426. The number of aromatic nitrogens is 1. The van der Waals surface area contributed by atoms with Gasteiger partial charge in [-0.05, 0) is 22.0 Å². The molecule has 0 bridgehead atoms. The maximum atomic E-state index is 13.2. The van der Waals surface area contributed by atoms with Gasteiger partial charge in [-0.2, -0.15) is 0 Å². The molecule has 0 unspecified atom stereocenters. The summed E-state index contributed by atoms with van der Waals surface area (Å²) in [5, 5.41) is 0. The highest BCUT2D eigenvalue weighted by Crippen LogP contribution is 2.12. The third-order valence-corrected chi connectivity index (χ3v) is 1.46. The van der Waals surface area contributed by atoms with Crippen molar-refractivity contribution in [1.29, 1.82) is 0 Å². The lowest BCUT2D eigenvalue weighted by Crippen LogP contribution is -2.04. The van der Waals surface area contributed by atoms with E-state index in [2.05, 4.69) is 25.7 Å². The number of ether oxygens (including phenoxy) is 1. The first kappa shape index (κ1) is 6.54. The molecule has 0 spiro atoms. The summed E-state index contributed by atoms with van der Waals surface area (Å²) >= 11 is 2.84. The molecule has 64 valence electrons. The maximum Gasteiger partial charge on any atom is 0.341 e. The van der Waals surface area contributed by atoms with Gasteiger partial charge in [0, 0.05) is 0 Å². The lowest BCUT2D eigenvalue weighted by Gasteiger charge is -1.99. The van der Waals surface area contributed by atoms with E-state index >= 15 is 0 Å². The van der Waals surface area contributed by atoms with Crippen molar-refractivity contribution >= 4 is 21.9 Å². The molecule has 5 heteroatoms. The van der Waals surface area contributed by atoms with E-state index in [1.165, 1.54) is 0 Å². The van der Waals surface area contributed by atoms with E-state index in [4.69, 9.17) is 2.74 Å². The molecule has 0 atom stereocenters. The van der Waals surface area contributed by atoms with E-state index in [1.54, 1.807) is 0 Å². The van der Waals surface area contributed by atoms with Crippen molar-refractivity contribution in [2.75, 3.05) is 7.11 Å². The number of esters is 1. The van der Waals surface area contributed by atoms with E-state index in [9.17, 15) is 9.18 Å². The predicted octanol–water partition coefficient (Wildman–Crippen LogP) is 1.77. The molecule has 0 saturated carbocycles. The standard InChI is InChI=1S/C7H5BrFNO2/c1-12-7(11)4-2-6(8)10-3-5(4)9/h2-3H,1H3/i2D,3D. The summed E-state index contributed by atoms with van der Waals surface area (Å²) in [6.07, 6.45) is -0.701. The summed E-state index contributed by atoms with van der Waals surface area (Å²) in [5.41, 5.74) is -0.584. The van der Waals surface area contributed by atoms with Crippen molar-refractivity contribution in [3.63, 3.8) is 0 Å². The molecular weight excluding hydrogens is 229 g/mol. The third kappa shape index (κ3) is 1.79. The van der Waals surface area contributed by atoms with Crippen molar-refractivity contribution in [3.05, 3.63) is 28.2 Å². The minimum atomic E-state index is -1.15. The summed E-state index contributed by atoms with van der Waals surface area (Å²) in [5.74, 6) is -2.14.